The minimum absolute atomic E-state index is 0.0289. The zero-order chi connectivity index (χ0) is 22.9. The molecule has 0 unspecified atom stereocenters. The molecule has 0 aliphatic heterocycles. The summed E-state index contributed by atoms with van der Waals surface area (Å²) in [6.07, 6.45) is 3.50. The highest BCUT2D eigenvalue weighted by molar-refractivity contribution is 7.17. The van der Waals surface area contributed by atoms with Crippen molar-refractivity contribution >= 4 is 11.3 Å². The standard InChI is InChI=1S/C21H19N3OS.C4H11NO/c1-13(2)25-19-10-9-15(11-16(19)12-22)20-23-24-21(26-20)18-8-4-6-14-5-3-7-17(14)18;1-5-3-4-6-2/h4,6,8-11,13H,3,5,7H2,1-2H3;5H,3-4H2,1-2H3. The number of aryl methyl sites for hydroxylation is 1. The van der Waals surface area contributed by atoms with Crippen molar-refractivity contribution in [3.05, 3.63) is 53.1 Å². The van der Waals surface area contributed by atoms with Crippen molar-refractivity contribution in [2.75, 3.05) is 27.3 Å². The predicted molar refractivity (Wildman–Crippen MR) is 129 cm³/mol. The molecule has 0 amide bonds. The Kier molecular flexibility index (Phi) is 8.74. The van der Waals surface area contributed by atoms with E-state index in [-0.39, 0.29) is 6.10 Å². The first-order valence-electron chi connectivity index (χ1n) is 10.9. The smallest absolute Gasteiger partial charge is 0.148 e. The number of benzene rings is 2. The fourth-order valence-electron chi connectivity index (χ4n) is 3.58. The number of nitrogens with zero attached hydrogens (tertiary/aromatic N) is 3. The third-order valence-corrected chi connectivity index (χ3v) is 6.07. The molecule has 1 heterocycles. The minimum Gasteiger partial charge on any atom is -0.490 e. The highest BCUT2D eigenvalue weighted by atomic mass is 32.1. The maximum absolute atomic E-state index is 9.43. The summed E-state index contributed by atoms with van der Waals surface area (Å²) < 4.78 is 10.4. The zero-order valence-electron chi connectivity index (χ0n) is 19.1. The van der Waals surface area contributed by atoms with Gasteiger partial charge in [0.25, 0.3) is 0 Å². The van der Waals surface area contributed by atoms with E-state index in [1.54, 1.807) is 18.4 Å². The first kappa shape index (κ1) is 23.9. The van der Waals surface area contributed by atoms with Crippen LogP contribution < -0.4 is 10.1 Å². The molecule has 0 fully saturated rings. The Balaban J connectivity index is 0.000000427. The summed E-state index contributed by atoms with van der Waals surface area (Å²) >= 11 is 1.57. The summed E-state index contributed by atoms with van der Waals surface area (Å²) in [5.41, 5.74) is 5.46. The fraction of sp³-hybridized carbons (Fsp3) is 0.400. The summed E-state index contributed by atoms with van der Waals surface area (Å²) in [5.74, 6) is 0.608. The van der Waals surface area contributed by atoms with Crippen LogP contribution in [0.1, 0.15) is 37.0 Å². The number of aromatic nitrogens is 2. The predicted octanol–water partition coefficient (Wildman–Crippen LogP) is 4.87. The van der Waals surface area contributed by atoms with Gasteiger partial charge in [-0.05, 0) is 69.5 Å². The van der Waals surface area contributed by atoms with Gasteiger partial charge in [0.15, 0.2) is 0 Å². The van der Waals surface area contributed by atoms with Crippen LogP contribution in [-0.4, -0.2) is 43.6 Å². The molecule has 0 saturated heterocycles. The fourth-order valence-corrected chi connectivity index (χ4v) is 4.47. The molecule has 168 valence electrons. The number of ether oxygens (including phenoxy) is 2. The molecule has 1 N–H and O–H groups in total. The number of methoxy groups -OCH3 is 1. The number of hydrogen-bond donors (Lipinski definition) is 1. The third kappa shape index (κ3) is 5.92. The van der Waals surface area contributed by atoms with Crippen molar-refractivity contribution in [2.24, 2.45) is 0 Å². The molecule has 2 aromatic carbocycles. The van der Waals surface area contributed by atoms with Crippen LogP contribution in [0, 0.1) is 11.3 Å². The Morgan fingerprint density at radius 1 is 1.16 bits per heavy atom. The van der Waals surface area contributed by atoms with Crippen LogP contribution in [0.5, 0.6) is 5.75 Å². The van der Waals surface area contributed by atoms with Gasteiger partial charge in [-0.2, -0.15) is 5.26 Å². The van der Waals surface area contributed by atoms with Crippen molar-refractivity contribution in [1.82, 2.24) is 15.5 Å². The third-order valence-electron chi connectivity index (χ3n) is 5.07. The largest absolute Gasteiger partial charge is 0.490 e. The number of nitrogens with one attached hydrogen (secondary N) is 1. The minimum atomic E-state index is 0.0289. The molecule has 0 saturated carbocycles. The van der Waals surface area contributed by atoms with Gasteiger partial charge < -0.3 is 14.8 Å². The first-order chi connectivity index (χ1) is 15.6. The lowest BCUT2D eigenvalue weighted by molar-refractivity contribution is 0.201. The Labute approximate surface area is 194 Å². The van der Waals surface area contributed by atoms with Gasteiger partial charge in [0.2, 0.25) is 0 Å². The van der Waals surface area contributed by atoms with Crippen LogP contribution in [0.4, 0.5) is 0 Å². The Morgan fingerprint density at radius 2 is 1.97 bits per heavy atom. The number of nitriles is 1. The summed E-state index contributed by atoms with van der Waals surface area (Å²) in [6, 6.07) is 14.3. The SMILES string of the molecule is CC(C)Oc1ccc(-c2nnc(-c3cccc4c3CCC4)s2)cc1C#N.CNCCOC. The molecule has 0 radical (unpaired) electrons. The molecule has 1 aliphatic carbocycles. The lowest BCUT2D eigenvalue weighted by Gasteiger charge is -2.11. The van der Waals surface area contributed by atoms with Gasteiger partial charge >= 0.3 is 0 Å². The van der Waals surface area contributed by atoms with Crippen LogP contribution in [0.2, 0.25) is 0 Å². The maximum atomic E-state index is 9.43. The van der Waals surface area contributed by atoms with E-state index >= 15 is 0 Å². The molecule has 0 spiro atoms. The monoisotopic (exact) mass is 450 g/mol. The van der Waals surface area contributed by atoms with Gasteiger partial charge in [-0.25, -0.2) is 0 Å². The summed E-state index contributed by atoms with van der Waals surface area (Å²) in [5, 5.41) is 22.9. The quantitative estimate of drug-likeness (QED) is 0.517. The summed E-state index contributed by atoms with van der Waals surface area (Å²) in [7, 11) is 3.59. The molecular formula is C25H30N4O2S. The topological polar surface area (TPSA) is 80.1 Å². The van der Waals surface area contributed by atoms with Crippen molar-refractivity contribution in [1.29, 1.82) is 5.26 Å². The van der Waals surface area contributed by atoms with E-state index in [4.69, 9.17) is 9.47 Å². The molecular weight excluding hydrogens is 420 g/mol. The number of likely N-dealkylation sites (N-methyl/N-ethyl adjacent to an activating group) is 1. The lowest BCUT2D eigenvalue weighted by atomic mass is 10.0. The van der Waals surface area contributed by atoms with Crippen LogP contribution in [0.25, 0.3) is 21.1 Å². The average Bonchev–Trinajstić information content (AvgIpc) is 3.47. The second-order valence-electron chi connectivity index (χ2n) is 7.79. The highest BCUT2D eigenvalue weighted by Crippen LogP contribution is 2.37. The van der Waals surface area contributed by atoms with E-state index in [9.17, 15) is 5.26 Å². The van der Waals surface area contributed by atoms with Crippen molar-refractivity contribution in [3.63, 3.8) is 0 Å². The summed E-state index contributed by atoms with van der Waals surface area (Å²) in [6.45, 7) is 5.64. The lowest BCUT2D eigenvalue weighted by Crippen LogP contribution is -2.12. The van der Waals surface area contributed by atoms with Gasteiger partial charge in [0.05, 0.1) is 18.3 Å². The van der Waals surface area contributed by atoms with E-state index < -0.39 is 0 Å². The van der Waals surface area contributed by atoms with Crippen molar-refractivity contribution < 1.29 is 9.47 Å². The van der Waals surface area contributed by atoms with Gasteiger partial charge in [-0.1, -0.05) is 29.5 Å². The van der Waals surface area contributed by atoms with E-state index in [1.165, 1.54) is 23.1 Å². The Hall–Kier alpha value is -2.79. The molecule has 32 heavy (non-hydrogen) atoms. The summed E-state index contributed by atoms with van der Waals surface area (Å²) in [4.78, 5) is 0. The van der Waals surface area contributed by atoms with Crippen LogP contribution in [0.15, 0.2) is 36.4 Å². The van der Waals surface area contributed by atoms with E-state index in [1.807, 2.05) is 39.1 Å². The number of rotatable bonds is 7. The average molecular weight is 451 g/mol. The second kappa shape index (κ2) is 11.7. The molecule has 3 aromatic rings. The van der Waals surface area contributed by atoms with Crippen molar-refractivity contribution in [3.8, 4) is 33.0 Å². The van der Waals surface area contributed by atoms with Crippen LogP contribution in [-0.2, 0) is 17.6 Å². The van der Waals surface area contributed by atoms with Gasteiger partial charge in [-0.3, -0.25) is 0 Å². The molecule has 6 nitrogen and oxygen atoms in total. The maximum Gasteiger partial charge on any atom is 0.148 e. The molecule has 0 atom stereocenters. The Morgan fingerprint density at radius 3 is 2.66 bits per heavy atom. The number of hydrogen-bond acceptors (Lipinski definition) is 7. The van der Waals surface area contributed by atoms with Crippen molar-refractivity contribution in [2.45, 2.75) is 39.2 Å². The first-order valence-corrected chi connectivity index (χ1v) is 11.7. The second-order valence-corrected chi connectivity index (χ2v) is 8.77. The van der Waals surface area contributed by atoms with Crippen LogP contribution in [0.3, 0.4) is 0 Å². The highest BCUT2D eigenvalue weighted by Gasteiger charge is 2.19. The molecule has 1 aromatic heterocycles. The van der Waals surface area contributed by atoms with Gasteiger partial charge in [0, 0.05) is 24.8 Å². The normalized spacial score (nSPS) is 12.1. The Bertz CT molecular complexity index is 1070. The molecule has 0 bridgehead atoms. The molecule has 1 aliphatic rings. The van der Waals surface area contributed by atoms with E-state index in [2.05, 4.69) is 39.8 Å². The van der Waals surface area contributed by atoms with Gasteiger partial charge in [-0.15, -0.1) is 10.2 Å². The van der Waals surface area contributed by atoms with E-state index in [0.717, 1.165) is 41.6 Å². The molecule has 7 heteroatoms. The van der Waals surface area contributed by atoms with Crippen LogP contribution >= 0.6 is 11.3 Å². The number of fused-ring (bicyclic) bond motifs is 1. The zero-order valence-corrected chi connectivity index (χ0v) is 20.0. The van der Waals surface area contributed by atoms with E-state index in [0.29, 0.717) is 11.3 Å². The van der Waals surface area contributed by atoms with Gasteiger partial charge in [0.1, 0.15) is 21.8 Å². The molecule has 4 rings (SSSR count).